The van der Waals surface area contributed by atoms with Gasteiger partial charge in [0, 0.05) is 0 Å². The minimum absolute atomic E-state index is 0.0160. The van der Waals surface area contributed by atoms with Crippen molar-refractivity contribution in [2.75, 3.05) is 0 Å². The lowest BCUT2D eigenvalue weighted by Gasteiger charge is -2.11. The molecular weight excluding hydrogens is 264 g/mol. The van der Waals surface area contributed by atoms with E-state index in [1.807, 2.05) is 0 Å². The smallest absolute Gasteiger partial charge is 0.0625 e. The van der Waals surface area contributed by atoms with E-state index in [0.717, 1.165) is 6.42 Å². The normalized spacial score (nSPS) is 12.5. The number of alkyl halides is 1. The summed E-state index contributed by atoms with van der Waals surface area (Å²) in [6.07, 6.45) is 0.861. The van der Waals surface area contributed by atoms with Gasteiger partial charge in [0.2, 0.25) is 0 Å². The Morgan fingerprint density at radius 2 is 1.55 bits per heavy atom. The molecule has 0 saturated carbocycles. The molecule has 0 saturated heterocycles. The molecule has 0 radical (unpaired) electrons. The molecule has 1 heteroatoms. The SMILES string of the molecule is Cc1ccc(CC(Cl)c2ccc3ccccc3c2)cc1. The van der Waals surface area contributed by atoms with Gasteiger partial charge in [-0.25, -0.2) is 0 Å². The first-order valence-electron chi connectivity index (χ1n) is 6.91. The summed E-state index contributed by atoms with van der Waals surface area (Å²) >= 11 is 6.58. The van der Waals surface area contributed by atoms with Gasteiger partial charge < -0.3 is 0 Å². The molecular formula is C19H17Cl. The van der Waals surface area contributed by atoms with Gasteiger partial charge >= 0.3 is 0 Å². The van der Waals surface area contributed by atoms with Crippen LogP contribution in [0.1, 0.15) is 22.1 Å². The van der Waals surface area contributed by atoms with E-state index in [1.165, 1.54) is 27.5 Å². The van der Waals surface area contributed by atoms with Gasteiger partial charge in [0.05, 0.1) is 5.38 Å². The molecule has 0 aliphatic rings. The van der Waals surface area contributed by atoms with E-state index in [2.05, 4.69) is 73.7 Å². The first-order chi connectivity index (χ1) is 9.72. The minimum Gasteiger partial charge on any atom is -0.117 e. The van der Waals surface area contributed by atoms with Gasteiger partial charge in [0.25, 0.3) is 0 Å². The van der Waals surface area contributed by atoms with Crippen LogP contribution in [-0.4, -0.2) is 0 Å². The van der Waals surface area contributed by atoms with Crippen LogP contribution in [0.3, 0.4) is 0 Å². The number of fused-ring (bicyclic) bond motifs is 1. The molecule has 1 atom stereocenters. The van der Waals surface area contributed by atoms with Crippen LogP contribution in [0, 0.1) is 6.92 Å². The largest absolute Gasteiger partial charge is 0.117 e. The maximum atomic E-state index is 6.58. The second-order valence-electron chi connectivity index (χ2n) is 5.26. The Kier molecular flexibility index (Phi) is 3.75. The monoisotopic (exact) mass is 280 g/mol. The third kappa shape index (κ3) is 2.86. The van der Waals surface area contributed by atoms with Crippen LogP contribution >= 0.6 is 11.6 Å². The van der Waals surface area contributed by atoms with Gasteiger partial charge in [-0.2, -0.15) is 0 Å². The zero-order valence-electron chi connectivity index (χ0n) is 11.5. The Morgan fingerprint density at radius 1 is 0.850 bits per heavy atom. The molecule has 0 N–H and O–H groups in total. The molecule has 20 heavy (non-hydrogen) atoms. The first-order valence-corrected chi connectivity index (χ1v) is 7.34. The lowest BCUT2D eigenvalue weighted by Crippen LogP contribution is -1.96. The van der Waals surface area contributed by atoms with Crippen molar-refractivity contribution in [1.29, 1.82) is 0 Å². The van der Waals surface area contributed by atoms with Crippen LogP contribution in [-0.2, 0) is 6.42 Å². The van der Waals surface area contributed by atoms with E-state index in [0.29, 0.717) is 0 Å². The van der Waals surface area contributed by atoms with Crippen molar-refractivity contribution in [3.05, 3.63) is 83.4 Å². The molecule has 3 aromatic carbocycles. The van der Waals surface area contributed by atoms with E-state index in [1.54, 1.807) is 0 Å². The standard InChI is InChI=1S/C19H17Cl/c1-14-6-8-15(9-7-14)12-19(20)18-11-10-16-4-2-3-5-17(16)13-18/h2-11,13,19H,12H2,1H3. The molecule has 0 aliphatic carbocycles. The predicted octanol–water partition coefficient (Wildman–Crippen LogP) is 5.67. The fraction of sp³-hybridized carbons (Fsp3) is 0.158. The van der Waals surface area contributed by atoms with Gasteiger partial charge in [-0.15, -0.1) is 11.6 Å². The fourth-order valence-corrected chi connectivity index (χ4v) is 2.77. The van der Waals surface area contributed by atoms with E-state index in [-0.39, 0.29) is 5.38 Å². The molecule has 100 valence electrons. The van der Waals surface area contributed by atoms with E-state index < -0.39 is 0 Å². The summed E-state index contributed by atoms with van der Waals surface area (Å²) in [5, 5.41) is 2.53. The Morgan fingerprint density at radius 3 is 2.30 bits per heavy atom. The lowest BCUT2D eigenvalue weighted by molar-refractivity contribution is 0.921. The highest BCUT2D eigenvalue weighted by atomic mass is 35.5. The number of benzene rings is 3. The maximum absolute atomic E-state index is 6.58. The third-order valence-electron chi connectivity index (χ3n) is 3.67. The molecule has 0 aromatic heterocycles. The quantitative estimate of drug-likeness (QED) is 0.542. The van der Waals surface area contributed by atoms with E-state index >= 15 is 0 Å². The van der Waals surface area contributed by atoms with Crippen LogP contribution in [0.5, 0.6) is 0 Å². The van der Waals surface area contributed by atoms with Gasteiger partial charge in [-0.3, -0.25) is 0 Å². The van der Waals surface area contributed by atoms with Crippen molar-refractivity contribution >= 4 is 22.4 Å². The summed E-state index contributed by atoms with van der Waals surface area (Å²) < 4.78 is 0. The first kappa shape index (κ1) is 13.2. The highest BCUT2D eigenvalue weighted by molar-refractivity contribution is 6.21. The topological polar surface area (TPSA) is 0 Å². The zero-order chi connectivity index (χ0) is 13.9. The van der Waals surface area contributed by atoms with Gasteiger partial charge in [-0.1, -0.05) is 66.2 Å². The summed E-state index contributed by atoms with van der Waals surface area (Å²) in [5.74, 6) is 0. The lowest BCUT2D eigenvalue weighted by atomic mass is 10.0. The predicted molar refractivity (Wildman–Crippen MR) is 87.4 cm³/mol. The van der Waals surface area contributed by atoms with E-state index in [9.17, 15) is 0 Å². The van der Waals surface area contributed by atoms with Crippen LogP contribution in [0.15, 0.2) is 66.7 Å². The Hall–Kier alpha value is -1.79. The Balaban J connectivity index is 1.84. The van der Waals surface area contributed by atoms with E-state index in [4.69, 9.17) is 11.6 Å². The maximum Gasteiger partial charge on any atom is 0.0625 e. The molecule has 3 aromatic rings. The minimum atomic E-state index is 0.0160. The average molecular weight is 281 g/mol. The Labute approximate surface area is 125 Å². The van der Waals surface area contributed by atoms with Crippen molar-refractivity contribution in [1.82, 2.24) is 0 Å². The van der Waals surface area contributed by atoms with Crippen molar-refractivity contribution in [2.45, 2.75) is 18.7 Å². The molecule has 1 unspecified atom stereocenters. The molecule has 0 amide bonds. The summed E-state index contributed by atoms with van der Waals surface area (Å²) in [6.45, 7) is 2.10. The second-order valence-corrected chi connectivity index (χ2v) is 5.79. The molecule has 0 fully saturated rings. The molecule has 0 aliphatic heterocycles. The molecule has 0 heterocycles. The fourth-order valence-electron chi connectivity index (χ4n) is 2.45. The second kappa shape index (κ2) is 5.68. The number of rotatable bonds is 3. The highest BCUT2D eigenvalue weighted by Crippen LogP contribution is 2.28. The highest BCUT2D eigenvalue weighted by Gasteiger charge is 2.09. The average Bonchev–Trinajstić information content (AvgIpc) is 2.49. The van der Waals surface area contributed by atoms with Gasteiger partial charge in [-0.05, 0) is 41.3 Å². The molecule has 3 rings (SSSR count). The molecule has 0 bridgehead atoms. The Bertz CT molecular complexity index is 713. The van der Waals surface area contributed by atoms with Crippen molar-refractivity contribution in [3.63, 3.8) is 0 Å². The summed E-state index contributed by atoms with van der Waals surface area (Å²) in [5.41, 5.74) is 3.75. The third-order valence-corrected chi connectivity index (χ3v) is 4.08. The zero-order valence-corrected chi connectivity index (χ0v) is 12.3. The number of hydrogen-bond donors (Lipinski definition) is 0. The van der Waals surface area contributed by atoms with Gasteiger partial charge in [0.1, 0.15) is 0 Å². The summed E-state index contributed by atoms with van der Waals surface area (Å²) in [6, 6.07) is 23.5. The molecule has 0 nitrogen and oxygen atoms in total. The van der Waals surface area contributed by atoms with Crippen LogP contribution < -0.4 is 0 Å². The number of aryl methyl sites for hydroxylation is 1. The van der Waals surface area contributed by atoms with Crippen molar-refractivity contribution in [2.24, 2.45) is 0 Å². The van der Waals surface area contributed by atoms with Crippen molar-refractivity contribution in [3.8, 4) is 0 Å². The van der Waals surface area contributed by atoms with Crippen molar-refractivity contribution < 1.29 is 0 Å². The molecule has 0 spiro atoms. The number of hydrogen-bond acceptors (Lipinski definition) is 0. The van der Waals surface area contributed by atoms with Crippen LogP contribution in [0.4, 0.5) is 0 Å². The van der Waals surface area contributed by atoms with Gasteiger partial charge in [0.15, 0.2) is 0 Å². The summed E-state index contributed by atoms with van der Waals surface area (Å²) in [4.78, 5) is 0. The van der Waals surface area contributed by atoms with Crippen LogP contribution in [0.2, 0.25) is 0 Å². The summed E-state index contributed by atoms with van der Waals surface area (Å²) in [7, 11) is 0. The number of halogens is 1. The van der Waals surface area contributed by atoms with Crippen LogP contribution in [0.25, 0.3) is 10.8 Å².